The molecule has 0 spiro atoms. The Kier molecular flexibility index (Phi) is 5.30. The third kappa shape index (κ3) is 4.57. The number of nitrogens with zero attached hydrogens (tertiary/aromatic N) is 2. The van der Waals surface area contributed by atoms with Gasteiger partial charge < -0.3 is 4.74 Å². The van der Waals surface area contributed by atoms with E-state index in [1.807, 2.05) is 35.7 Å². The molecule has 1 heterocycles. The quantitative estimate of drug-likeness (QED) is 0.495. The van der Waals surface area contributed by atoms with Gasteiger partial charge in [0.05, 0.1) is 11.9 Å². The molecule has 0 aliphatic carbocycles. The van der Waals surface area contributed by atoms with Gasteiger partial charge in [-0.25, -0.2) is 9.37 Å². The van der Waals surface area contributed by atoms with Gasteiger partial charge in [-0.2, -0.15) is 13.9 Å². The van der Waals surface area contributed by atoms with E-state index in [-0.39, 0.29) is 11.3 Å². The number of halogens is 3. The van der Waals surface area contributed by atoms with Crippen LogP contribution < -0.4 is 10.2 Å². The molecule has 128 valence electrons. The summed E-state index contributed by atoms with van der Waals surface area (Å²) in [7, 11) is 0. The lowest BCUT2D eigenvalue weighted by Gasteiger charge is -2.05. The van der Waals surface area contributed by atoms with Gasteiger partial charge in [0, 0.05) is 22.6 Å². The molecule has 8 heteroatoms. The molecule has 0 aliphatic heterocycles. The number of nitrogens with one attached hydrogen (secondary N) is 1. The smallest absolute Gasteiger partial charge is 0.387 e. The fraction of sp³-hybridized carbons (Fsp3) is 0.0588. The van der Waals surface area contributed by atoms with E-state index >= 15 is 0 Å². The normalized spacial score (nSPS) is 11.2. The van der Waals surface area contributed by atoms with Crippen molar-refractivity contribution in [1.29, 1.82) is 0 Å². The van der Waals surface area contributed by atoms with Crippen LogP contribution in [0.4, 0.5) is 18.3 Å². The molecule has 3 rings (SSSR count). The van der Waals surface area contributed by atoms with E-state index in [2.05, 4.69) is 20.2 Å². The molecule has 1 aromatic heterocycles. The van der Waals surface area contributed by atoms with Crippen LogP contribution in [0.5, 0.6) is 5.75 Å². The topological polar surface area (TPSA) is 46.5 Å². The number of hydrazone groups is 1. The Morgan fingerprint density at radius 3 is 2.68 bits per heavy atom. The first-order valence-electron chi connectivity index (χ1n) is 7.16. The van der Waals surface area contributed by atoms with Crippen molar-refractivity contribution in [2.75, 3.05) is 5.43 Å². The highest BCUT2D eigenvalue weighted by Crippen LogP contribution is 2.24. The lowest BCUT2D eigenvalue weighted by molar-refractivity contribution is -0.0499. The van der Waals surface area contributed by atoms with E-state index < -0.39 is 12.4 Å². The number of hydrogen-bond acceptors (Lipinski definition) is 5. The third-order valence-corrected chi connectivity index (χ3v) is 3.88. The first-order chi connectivity index (χ1) is 12.1. The highest BCUT2D eigenvalue weighted by molar-refractivity contribution is 7.14. The van der Waals surface area contributed by atoms with Crippen molar-refractivity contribution >= 4 is 22.7 Å². The number of aromatic nitrogens is 1. The van der Waals surface area contributed by atoms with Gasteiger partial charge in [-0.3, -0.25) is 5.43 Å². The average molecular weight is 363 g/mol. The second-order valence-corrected chi connectivity index (χ2v) is 5.69. The Balaban J connectivity index is 1.65. The lowest BCUT2D eigenvalue weighted by Crippen LogP contribution is -2.02. The van der Waals surface area contributed by atoms with E-state index in [9.17, 15) is 13.2 Å². The minimum absolute atomic E-state index is 0.133. The predicted octanol–water partition coefficient (Wildman–Crippen LogP) is 5.00. The summed E-state index contributed by atoms with van der Waals surface area (Å²) in [5.74, 6) is -0.960. The Morgan fingerprint density at radius 2 is 1.96 bits per heavy atom. The van der Waals surface area contributed by atoms with Gasteiger partial charge in [-0.05, 0) is 12.1 Å². The summed E-state index contributed by atoms with van der Waals surface area (Å²) >= 11 is 1.36. The molecular formula is C17H12F3N3OS. The first kappa shape index (κ1) is 17.0. The molecule has 0 saturated carbocycles. The molecule has 0 radical (unpaired) electrons. The average Bonchev–Trinajstić information content (AvgIpc) is 3.06. The van der Waals surface area contributed by atoms with Gasteiger partial charge in [0.15, 0.2) is 0 Å². The van der Waals surface area contributed by atoms with Gasteiger partial charge >= 0.3 is 6.61 Å². The molecule has 1 N–H and O–H groups in total. The number of rotatable bonds is 6. The highest BCUT2D eigenvalue weighted by atomic mass is 32.1. The fourth-order valence-corrected chi connectivity index (χ4v) is 2.68. The molecule has 0 saturated heterocycles. The monoisotopic (exact) mass is 363 g/mol. The Bertz CT molecular complexity index is 869. The van der Waals surface area contributed by atoms with Crippen molar-refractivity contribution in [3.05, 3.63) is 65.3 Å². The van der Waals surface area contributed by atoms with Crippen molar-refractivity contribution in [3.8, 4) is 17.0 Å². The number of anilines is 1. The highest BCUT2D eigenvalue weighted by Gasteiger charge is 2.07. The van der Waals surface area contributed by atoms with E-state index in [4.69, 9.17) is 0 Å². The number of benzene rings is 2. The maximum Gasteiger partial charge on any atom is 0.387 e. The Morgan fingerprint density at radius 1 is 1.16 bits per heavy atom. The van der Waals surface area contributed by atoms with Gasteiger partial charge in [0.2, 0.25) is 5.13 Å². The van der Waals surface area contributed by atoms with Crippen LogP contribution in [0.25, 0.3) is 11.3 Å². The lowest BCUT2D eigenvalue weighted by atomic mass is 10.2. The summed E-state index contributed by atoms with van der Waals surface area (Å²) in [5.41, 5.74) is 4.64. The molecule has 0 unspecified atom stereocenters. The van der Waals surface area contributed by atoms with Crippen molar-refractivity contribution in [3.63, 3.8) is 0 Å². The summed E-state index contributed by atoms with van der Waals surface area (Å²) < 4.78 is 42.1. The van der Waals surface area contributed by atoms with Crippen molar-refractivity contribution in [2.24, 2.45) is 5.10 Å². The maximum atomic E-state index is 13.8. The molecule has 25 heavy (non-hydrogen) atoms. The summed E-state index contributed by atoms with van der Waals surface area (Å²) in [5, 5.41) is 6.34. The first-order valence-corrected chi connectivity index (χ1v) is 8.04. The Labute approximate surface area is 145 Å². The molecule has 4 nitrogen and oxygen atoms in total. The molecule has 2 aromatic carbocycles. The van der Waals surface area contributed by atoms with E-state index in [0.29, 0.717) is 5.13 Å². The van der Waals surface area contributed by atoms with Crippen molar-refractivity contribution in [1.82, 2.24) is 4.98 Å². The minimum atomic E-state index is -3.00. The molecule has 0 aliphatic rings. The van der Waals surface area contributed by atoms with Crippen LogP contribution in [0.2, 0.25) is 0 Å². The molecule has 0 fully saturated rings. The summed E-state index contributed by atoms with van der Waals surface area (Å²) in [6.45, 7) is -3.00. The van der Waals surface area contributed by atoms with Crippen molar-refractivity contribution < 1.29 is 17.9 Å². The second-order valence-electron chi connectivity index (χ2n) is 4.84. The van der Waals surface area contributed by atoms with Gasteiger partial charge in [-0.15, -0.1) is 11.3 Å². The zero-order chi connectivity index (χ0) is 17.6. The maximum absolute atomic E-state index is 13.8. The van der Waals surface area contributed by atoms with Gasteiger partial charge in [0.25, 0.3) is 0 Å². The second kappa shape index (κ2) is 7.80. The Hall–Kier alpha value is -2.87. The van der Waals surface area contributed by atoms with Crippen LogP contribution in [-0.4, -0.2) is 17.8 Å². The van der Waals surface area contributed by atoms with Crippen LogP contribution in [0.3, 0.4) is 0 Å². The molecule has 0 amide bonds. The summed E-state index contributed by atoms with van der Waals surface area (Å²) in [6, 6.07) is 13.1. The van der Waals surface area contributed by atoms with Crippen molar-refractivity contribution in [2.45, 2.75) is 6.61 Å². The predicted molar refractivity (Wildman–Crippen MR) is 91.8 cm³/mol. The number of ether oxygens (including phenoxy) is 1. The van der Waals surface area contributed by atoms with E-state index in [1.165, 1.54) is 29.7 Å². The van der Waals surface area contributed by atoms with Crippen LogP contribution in [-0.2, 0) is 0 Å². The van der Waals surface area contributed by atoms with Crippen LogP contribution in [0, 0.1) is 5.82 Å². The number of thiazole rings is 1. The zero-order valence-corrected chi connectivity index (χ0v) is 13.5. The van der Waals surface area contributed by atoms with E-state index in [0.717, 1.165) is 17.3 Å². The molecule has 3 aromatic rings. The minimum Gasteiger partial charge on any atom is -0.435 e. The van der Waals surface area contributed by atoms with Crippen LogP contribution in [0.15, 0.2) is 59.0 Å². The standard InChI is InChI=1S/C17H12F3N3OS/c18-14-8-13(24-16(19)20)7-6-12(14)9-21-23-17-22-15(10-25-17)11-4-2-1-3-5-11/h1-10,16H,(H,22,23). The number of alkyl halides is 2. The summed E-state index contributed by atoms with van der Waals surface area (Å²) in [4.78, 5) is 4.38. The fourth-order valence-electron chi connectivity index (χ4n) is 2.01. The number of hydrogen-bond donors (Lipinski definition) is 1. The molecule has 0 bridgehead atoms. The van der Waals surface area contributed by atoms with Crippen LogP contribution in [0.1, 0.15) is 5.56 Å². The van der Waals surface area contributed by atoms with Gasteiger partial charge in [-0.1, -0.05) is 30.3 Å². The SMILES string of the molecule is Fc1cc(OC(F)F)ccc1C=NNc1nc(-c2ccccc2)cs1. The van der Waals surface area contributed by atoms with Crippen LogP contribution >= 0.6 is 11.3 Å². The zero-order valence-electron chi connectivity index (χ0n) is 12.7. The summed E-state index contributed by atoms with van der Waals surface area (Å²) in [6.07, 6.45) is 1.24. The van der Waals surface area contributed by atoms with Gasteiger partial charge in [0.1, 0.15) is 11.6 Å². The molecule has 0 atom stereocenters. The van der Waals surface area contributed by atoms with E-state index in [1.54, 1.807) is 0 Å². The molecular weight excluding hydrogens is 351 g/mol. The largest absolute Gasteiger partial charge is 0.435 e. The third-order valence-electron chi connectivity index (χ3n) is 3.13.